The standard InChI is InChI=1S/C17H19NO4S/c1-13-3-5-14(6-4-13)17(19)18-11-12-23(20,21)16-9-7-15(22-2)8-10-16/h3-10H,11-12H2,1-2H3,(H,18,19). The minimum atomic E-state index is -3.44. The molecular formula is C17H19NO4S. The lowest BCUT2D eigenvalue weighted by molar-refractivity contribution is 0.0956. The predicted octanol–water partition coefficient (Wildman–Crippen LogP) is 2.21. The highest BCUT2D eigenvalue weighted by Crippen LogP contribution is 2.16. The van der Waals surface area contributed by atoms with Crippen molar-refractivity contribution in [1.82, 2.24) is 5.32 Å². The van der Waals surface area contributed by atoms with E-state index in [2.05, 4.69) is 5.32 Å². The molecule has 122 valence electrons. The maximum Gasteiger partial charge on any atom is 0.251 e. The van der Waals surface area contributed by atoms with E-state index in [4.69, 9.17) is 4.74 Å². The fourth-order valence-corrected chi connectivity index (χ4v) is 3.16. The van der Waals surface area contributed by atoms with Gasteiger partial charge in [-0.15, -0.1) is 0 Å². The Labute approximate surface area is 136 Å². The number of carbonyl (C=O) groups excluding carboxylic acids is 1. The van der Waals surface area contributed by atoms with Gasteiger partial charge in [0, 0.05) is 12.1 Å². The van der Waals surface area contributed by atoms with Crippen LogP contribution in [0.4, 0.5) is 0 Å². The van der Waals surface area contributed by atoms with Gasteiger partial charge in [0.1, 0.15) is 5.75 Å². The molecule has 1 amide bonds. The Bertz CT molecular complexity index is 765. The number of benzene rings is 2. The molecule has 23 heavy (non-hydrogen) atoms. The summed E-state index contributed by atoms with van der Waals surface area (Å²) in [5, 5.41) is 2.62. The van der Waals surface area contributed by atoms with Crippen molar-refractivity contribution in [3.63, 3.8) is 0 Å². The second kappa shape index (κ2) is 7.28. The highest BCUT2D eigenvalue weighted by Gasteiger charge is 2.15. The van der Waals surface area contributed by atoms with Gasteiger partial charge in [-0.25, -0.2) is 8.42 Å². The van der Waals surface area contributed by atoms with Crippen LogP contribution in [-0.4, -0.2) is 33.7 Å². The molecule has 0 fully saturated rings. The van der Waals surface area contributed by atoms with Crippen molar-refractivity contribution < 1.29 is 17.9 Å². The zero-order valence-electron chi connectivity index (χ0n) is 13.1. The second-order valence-electron chi connectivity index (χ2n) is 5.12. The summed E-state index contributed by atoms with van der Waals surface area (Å²) in [5.41, 5.74) is 1.57. The number of sulfone groups is 1. The first-order valence-electron chi connectivity index (χ1n) is 7.14. The maximum atomic E-state index is 12.2. The first-order chi connectivity index (χ1) is 10.9. The highest BCUT2D eigenvalue weighted by atomic mass is 32.2. The number of rotatable bonds is 6. The van der Waals surface area contributed by atoms with Gasteiger partial charge in [0.25, 0.3) is 5.91 Å². The third-order valence-corrected chi connectivity index (χ3v) is 5.12. The lowest BCUT2D eigenvalue weighted by Gasteiger charge is -2.07. The normalized spacial score (nSPS) is 11.0. The van der Waals surface area contributed by atoms with Crippen LogP contribution in [0.1, 0.15) is 15.9 Å². The fourth-order valence-electron chi connectivity index (χ4n) is 2.01. The molecule has 0 aliphatic rings. The van der Waals surface area contributed by atoms with Crippen molar-refractivity contribution in [2.75, 3.05) is 19.4 Å². The monoisotopic (exact) mass is 333 g/mol. The number of hydrogen-bond donors (Lipinski definition) is 1. The summed E-state index contributed by atoms with van der Waals surface area (Å²) >= 11 is 0. The second-order valence-corrected chi connectivity index (χ2v) is 7.23. The van der Waals surface area contributed by atoms with E-state index in [1.807, 2.05) is 19.1 Å². The van der Waals surface area contributed by atoms with E-state index in [9.17, 15) is 13.2 Å². The summed E-state index contributed by atoms with van der Waals surface area (Å²) in [6.45, 7) is 1.99. The first kappa shape index (κ1) is 17.0. The van der Waals surface area contributed by atoms with Crippen molar-refractivity contribution in [2.45, 2.75) is 11.8 Å². The van der Waals surface area contributed by atoms with E-state index in [1.54, 1.807) is 24.3 Å². The summed E-state index contributed by atoms with van der Waals surface area (Å²) in [7, 11) is -1.92. The van der Waals surface area contributed by atoms with E-state index < -0.39 is 9.84 Å². The molecule has 0 aromatic heterocycles. The number of amides is 1. The number of aryl methyl sites for hydroxylation is 1. The van der Waals surface area contributed by atoms with Crippen molar-refractivity contribution in [3.8, 4) is 5.75 Å². The Balaban J connectivity index is 1.93. The van der Waals surface area contributed by atoms with Gasteiger partial charge in [-0.1, -0.05) is 17.7 Å². The van der Waals surface area contributed by atoms with Crippen LogP contribution in [0.2, 0.25) is 0 Å². The molecule has 1 N–H and O–H groups in total. The molecule has 0 aliphatic heterocycles. The molecule has 0 bridgehead atoms. The Morgan fingerprint density at radius 1 is 1.04 bits per heavy atom. The largest absolute Gasteiger partial charge is 0.497 e. The van der Waals surface area contributed by atoms with E-state index in [0.29, 0.717) is 11.3 Å². The van der Waals surface area contributed by atoms with Gasteiger partial charge in [0.05, 0.1) is 17.8 Å². The third kappa shape index (κ3) is 4.56. The number of carbonyl (C=O) groups is 1. The number of ether oxygens (including phenoxy) is 1. The predicted molar refractivity (Wildman–Crippen MR) is 88.6 cm³/mol. The SMILES string of the molecule is COc1ccc(S(=O)(=O)CCNC(=O)c2ccc(C)cc2)cc1. The van der Waals surface area contributed by atoms with Crippen molar-refractivity contribution >= 4 is 15.7 Å². The molecule has 0 radical (unpaired) electrons. The summed E-state index contributed by atoms with van der Waals surface area (Å²) in [6.07, 6.45) is 0. The van der Waals surface area contributed by atoms with Gasteiger partial charge in [-0.2, -0.15) is 0 Å². The van der Waals surface area contributed by atoms with E-state index >= 15 is 0 Å². The van der Waals surface area contributed by atoms with Gasteiger partial charge in [0.15, 0.2) is 9.84 Å². The molecule has 0 unspecified atom stereocenters. The summed E-state index contributed by atoms with van der Waals surface area (Å²) < 4.78 is 29.4. The first-order valence-corrected chi connectivity index (χ1v) is 8.79. The molecule has 0 saturated carbocycles. The Morgan fingerprint density at radius 2 is 1.65 bits per heavy atom. The molecule has 2 aromatic rings. The zero-order chi connectivity index (χ0) is 16.9. The van der Waals surface area contributed by atoms with Gasteiger partial charge in [0.2, 0.25) is 0 Å². The molecule has 0 atom stereocenters. The number of hydrogen-bond acceptors (Lipinski definition) is 4. The number of nitrogens with one attached hydrogen (secondary N) is 1. The van der Waals surface area contributed by atoms with Crippen LogP contribution in [0.25, 0.3) is 0 Å². The number of methoxy groups -OCH3 is 1. The average Bonchev–Trinajstić information content (AvgIpc) is 2.55. The van der Waals surface area contributed by atoms with Crippen molar-refractivity contribution in [3.05, 3.63) is 59.7 Å². The highest BCUT2D eigenvalue weighted by molar-refractivity contribution is 7.91. The van der Waals surface area contributed by atoms with Crippen molar-refractivity contribution in [1.29, 1.82) is 0 Å². The van der Waals surface area contributed by atoms with Crippen LogP contribution in [0.5, 0.6) is 5.75 Å². The molecule has 5 nitrogen and oxygen atoms in total. The maximum absolute atomic E-state index is 12.2. The lowest BCUT2D eigenvalue weighted by Crippen LogP contribution is -2.29. The van der Waals surface area contributed by atoms with Crippen molar-refractivity contribution in [2.24, 2.45) is 0 Å². The Hall–Kier alpha value is -2.34. The lowest BCUT2D eigenvalue weighted by atomic mass is 10.1. The van der Waals surface area contributed by atoms with E-state index in [1.165, 1.54) is 19.2 Å². The topological polar surface area (TPSA) is 72.5 Å². The molecule has 2 rings (SSSR count). The van der Waals surface area contributed by atoms with Gasteiger partial charge >= 0.3 is 0 Å². The smallest absolute Gasteiger partial charge is 0.251 e. The van der Waals surface area contributed by atoms with Crippen LogP contribution in [0.3, 0.4) is 0 Å². The average molecular weight is 333 g/mol. The summed E-state index contributed by atoms with van der Waals surface area (Å²) in [5.74, 6) is 0.156. The molecule has 2 aromatic carbocycles. The Kier molecular flexibility index (Phi) is 5.39. The molecule has 6 heteroatoms. The molecular weight excluding hydrogens is 314 g/mol. The van der Waals surface area contributed by atoms with E-state index in [-0.39, 0.29) is 23.1 Å². The van der Waals surface area contributed by atoms with Crippen LogP contribution in [0, 0.1) is 6.92 Å². The molecule has 0 spiro atoms. The summed E-state index contributed by atoms with van der Waals surface area (Å²) in [4.78, 5) is 12.2. The molecule has 0 saturated heterocycles. The minimum absolute atomic E-state index is 0.0566. The van der Waals surface area contributed by atoms with Gasteiger partial charge in [-0.05, 0) is 43.3 Å². The van der Waals surface area contributed by atoms with Crippen LogP contribution >= 0.6 is 0 Å². The molecule has 0 heterocycles. The zero-order valence-corrected chi connectivity index (χ0v) is 13.9. The van der Waals surface area contributed by atoms with Gasteiger partial charge < -0.3 is 10.1 Å². The van der Waals surface area contributed by atoms with Gasteiger partial charge in [-0.3, -0.25) is 4.79 Å². The fraction of sp³-hybridized carbons (Fsp3) is 0.235. The van der Waals surface area contributed by atoms with Crippen LogP contribution in [0.15, 0.2) is 53.4 Å². The molecule has 0 aliphatic carbocycles. The van der Waals surface area contributed by atoms with E-state index in [0.717, 1.165) is 5.56 Å². The minimum Gasteiger partial charge on any atom is -0.497 e. The Morgan fingerprint density at radius 3 is 2.22 bits per heavy atom. The summed E-state index contributed by atoms with van der Waals surface area (Å²) in [6, 6.07) is 13.3. The van der Waals surface area contributed by atoms with Crippen LogP contribution in [-0.2, 0) is 9.84 Å². The quantitative estimate of drug-likeness (QED) is 0.880. The van der Waals surface area contributed by atoms with Crippen LogP contribution < -0.4 is 10.1 Å². The third-order valence-electron chi connectivity index (χ3n) is 3.39.